The molecule has 4 rings (SSSR count). The number of imidazole rings is 1. The molecule has 0 saturated carbocycles. The number of aromatic nitrogens is 4. The summed E-state index contributed by atoms with van der Waals surface area (Å²) in [5.74, 6) is 7.86. The number of hydrogen-bond acceptors (Lipinski definition) is 6. The van der Waals surface area contributed by atoms with Crippen molar-refractivity contribution in [3.8, 4) is 17.6 Å². The van der Waals surface area contributed by atoms with E-state index in [0.29, 0.717) is 47.6 Å². The predicted molar refractivity (Wildman–Crippen MR) is 114 cm³/mol. The van der Waals surface area contributed by atoms with E-state index in [2.05, 4.69) is 31.8 Å². The van der Waals surface area contributed by atoms with Gasteiger partial charge in [-0.25, -0.2) is 14.8 Å². The van der Waals surface area contributed by atoms with Crippen LogP contribution in [0.2, 0.25) is 0 Å². The zero-order valence-corrected chi connectivity index (χ0v) is 17.1. The lowest BCUT2D eigenvalue weighted by molar-refractivity contribution is 0.131. The largest absolute Gasteiger partial charge is 0.415 e. The molecule has 0 bridgehead atoms. The third-order valence-corrected chi connectivity index (χ3v) is 5.46. The first-order valence-electron chi connectivity index (χ1n) is 9.99. The quantitative estimate of drug-likeness (QED) is 0.635. The Labute approximate surface area is 174 Å². The molecule has 0 unspecified atom stereocenters. The number of likely N-dealkylation sites (tertiary alicyclic amines) is 1. The minimum Gasteiger partial charge on any atom is -0.410 e. The van der Waals surface area contributed by atoms with Crippen LogP contribution in [-0.4, -0.2) is 44.0 Å². The summed E-state index contributed by atoms with van der Waals surface area (Å²) in [7, 11) is 0. The van der Waals surface area contributed by atoms with Gasteiger partial charge in [-0.3, -0.25) is 0 Å². The first kappa shape index (κ1) is 19.7. The first-order chi connectivity index (χ1) is 14.5. The maximum atomic E-state index is 12.4. The van der Waals surface area contributed by atoms with E-state index in [9.17, 15) is 4.79 Å². The van der Waals surface area contributed by atoms with Gasteiger partial charge in [-0.15, -0.1) is 0 Å². The van der Waals surface area contributed by atoms with Crippen molar-refractivity contribution in [3.63, 3.8) is 0 Å². The van der Waals surface area contributed by atoms with E-state index in [4.69, 9.17) is 10.5 Å². The van der Waals surface area contributed by atoms with Gasteiger partial charge in [0, 0.05) is 19.5 Å². The Hall–Kier alpha value is -3.60. The van der Waals surface area contributed by atoms with E-state index in [1.165, 1.54) is 11.9 Å². The molecule has 0 atom stereocenters. The van der Waals surface area contributed by atoms with E-state index in [1.54, 1.807) is 4.90 Å². The molecule has 1 saturated heterocycles. The van der Waals surface area contributed by atoms with Gasteiger partial charge in [0.25, 0.3) is 0 Å². The second-order valence-electron chi connectivity index (χ2n) is 7.58. The molecule has 1 aliphatic rings. The molecule has 0 aliphatic carbocycles. The van der Waals surface area contributed by atoms with Crippen molar-refractivity contribution in [1.29, 1.82) is 0 Å². The van der Waals surface area contributed by atoms with E-state index in [0.717, 1.165) is 24.8 Å². The Morgan fingerprint density at radius 3 is 2.83 bits per heavy atom. The van der Waals surface area contributed by atoms with Crippen LogP contribution in [0.15, 0.2) is 24.5 Å². The topological polar surface area (TPSA) is 110 Å². The number of carbonyl (C=O) groups excluding carboxylic acids is 1. The molecule has 8 heteroatoms. The van der Waals surface area contributed by atoms with Gasteiger partial charge in [0.15, 0.2) is 11.5 Å². The molecular weight excluding hydrogens is 380 g/mol. The Bertz CT molecular complexity index is 1140. The summed E-state index contributed by atoms with van der Waals surface area (Å²) in [6.07, 6.45) is 3.74. The smallest absolute Gasteiger partial charge is 0.410 e. The maximum absolute atomic E-state index is 12.4. The average Bonchev–Trinajstić information content (AvgIpc) is 3.20. The number of amides is 1. The van der Waals surface area contributed by atoms with Gasteiger partial charge in [0.1, 0.15) is 11.3 Å². The molecule has 3 aromatic rings. The molecule has 1 fully saturated rings. The number of nitrogens with one attached hydrogen (secondary N) is 1. The van der Waals surface area contributed by atoms with Gasteiger partial charge in [-0.2, -0.15) is 4.98 Å². The van der Waals surface area contributed by atoms with E-state index in [-0.39, 0.29) is 6.09 Å². The summed E-state index contributed by atoms with van der Waals surface area (Å²) >= 11 is 0. The summed E-state index contributed by atoms with van der Waals surface area (Å²) < 4.78 is 5.53. The van der Waals surface area contributed by atoms with Crippen LogP contribution in [0.5, 0.6) is 5.75 Å². The van der Waals surface area contributed by atoms with Gasteiger partial charge in [-0.1, -0.05) is 12.0 Å². The minimum absolute atomic E-state index is 0.293. The molecule has 1 amide bonds. The summed E-state index contributed by atoms with van der Waals surface area (Å²) in [5.41, 5.74) is 9.31. The summed E-state index contributed by atoms with van der Waals surface area (Å²) in [6.45, 7) is 5.37. The fourth-order valence-electron chi connectivity index (χ4n) is 3.45. The number of rotatable bonds is 2. The molecule has 3 heterocycles. The number of ether oxygens (including phenoxy) is 1. The third-order valence-electron chi connectivity index (χ3n) is 5.46. The van der Waals surface area contributed by atoms with Crippen molar-refractivity contribution in [1.82, 2.24) is 24.8 Å². The number of aryl methyl sites for hydroxylation is 2. The number of fused-ring (bicyclic) bond motifs is 1. The summed E-state index contributed by atoms with van der Waals surface area (Å²) in [6, 6.07) is 5.69. The predicted octanol–water partition coefficient (Wildman–Crippen LogP) is 3.20. The van der Waals surface area contributed by atoms with Crippen LogP contribution in [0, 0.1) is 31.6 Å². The highest BCUT2D eigenvalue weighted by atomic mass is 16.6. The maximum Gasteiger partial charge on any atom is 0.415 e. The van der Waals surface area contributed by atoms with E-state index in [1.807, 2.05) is 32.0 Å². The van der Waals surface area contributed by atoms with E-state index >= 15 is 0 Å². The zero-order valence-electron chi connectivity index (χ0n) is 17.1. The molecule has 3 N–H and O–H groups in total. The number of nitrogens with zero attached hydrogens (tertiary/aromatic N) is 4. The molecular formula is C22H24N6O2. The van der Waals surface area contributed by atoms with Crippen LogP contribution in [0.25, 0.3) is 11.2 Å². The molecule has 8 nitrogen and oxygen atoms in total. The molecule has 30 heavy (non-hydrogen) atoms. The van der Waals surface area contributed by atoms with Crippen molar-refractivity contribution < 1.29 is 9.53 Å². The number of hydrogen-bond donors (Lipinski definition) is 2. The lowest BCUT2D eigenvalue weighted by Crippen LogP contribution is -2.40. The Kier molecular flexibility index (Phi) is 5.53. The van der Waals surface area contributed by atoms with Crippen LogP contribution < -0.4 is 10.5 Å². The number of H-pyrrole nitrogens is 1. The SMILES string of the molecule is Cc1ccc(OC(=O)N2CCC(CC#Cc3nc(N)c4[nH]cnc4n3)CC2)cc1C. The summed E-state index contributed by atoms with van der Waals surface area (Å²) in [4.78, 5) is 29.7. The lowest BCUT2D eigenvalue weighted by Gasteiger charge is -2.30. The monoisotopic (exact) mass is 404 g/mol. The number of carbonyl (C=O) groups is 1. The van der Waals surface area contributed by atoms with Gasteiger partial charge in [0.05, 0.1) is 6.33 Å². The molecule has 2 aromatic heterocycles. The van der Waals surface area contributed by atoms with Crippen molar-refractivity contribution in [3.05, 3.63) is 41.5 Å². The average molecular weight is 404 g/mol. The minimum atomic E-state index is -0.293. The van der Waals surface area contributed by atoms with Crippen molar-refractivity contribution in [2.24, 2.45) is 5.92 Å². The number of nitrogens with two attached hydrogens (primary N) is 1. The molecule has 1 aliphatic heterocycles. The third kappa shape index (κ3) is 4.35. The van der Waals surface area contributed by atoms with Crippen molar-refractivity contribution in [2.45, 2.75) is 33.1 Å². The second kappa shape index (κ2) is 8.41. The normalized spacial score (nSPS) is 14.4. The Balaban J connectivity index is 1.29. The highest BCUT2D eigenvalue weighted by Gasteiger charge is 2.23. The van der Waals surface area contributed by atoms with Gasteiger partial charge in [0.2, 0.25) is 5.82 Å². The zero-order chi connectivity index (χ0) is 21.1. The van der Waals surface area contributed by atoms with E-state index < -0.39 is 0 Å². The molecule has 1 aromatic carbocycles. The molecule has 154 valence electrons. The van der Waals surface area contributed by atoms with Crippen LogP contribution >= 0.6 is 0 Å². The molecule has 0 radical (unpaired) electrons. The fourth-order valence-corrected chi connectivity index (χ4v) is 3.45. The Morgan fingerprint density at radius 1 is 1.27 bits per heavy atom. The van der Waals surface area contributed by atoms with Crippen LogP contribution in [0.1, 0.15) is 36.2 Å². The number of piperidine rings is 1. The van der Waals surface area contributed by atoms with Crippen LogP contribution in [0.4, 0.5) is 10.6 Å². The van der Waals surface area contributed by atoms with Gasteiger partial charge < -0.3 is 20.4 Å². The highest BCUT2D eigenvalue weighted by Crippen LogP contribution is 2.22. The van der Waals surface area contributed by atoms with Gasteiger partial charge >= 0.3 is 6.09 Å². The molecule has 0 spiro atoms. The number of nitrogen functional groups attached to an aromatic ring is 1. The number of aromatic amines is 1. The van der Waals surface area contributed by atoms with Crippen molar-refractivity contribution in [2.75, 3.05) is 18.8 Å². The summed E-state index contributed by atoms with van der Waals surface area (Å²) in [5, 5.41) is 0. The van der Waals surface area contributed by atoms with Crippen LogP contribution in [-0.2, 0) is 0 Å². The number of anilines is 1. The van der Waals surface area contributed by atoms with Crippen molar-refractivity contribution >= 4 is 23.1 Å². The van der Waals surface area contributed by atoms with Gasteiger partial charge in [-0.05, 0) is 61.8 Å². The number of benzene rings is 1. The first-order valence-corrected chi connectivity index (χ1v) is 9.99. The fraction of sp³-hybridized carbons (Fsp3) is 0.364. The highest BCUT2D eigenvalue weighted by molar-refractivity contribution is 5.81. The Morgan fingerprint density at radius 2 is 2.07 bits per heavy atom. The van der Waals surface area contributed by atoms with Crippen LogP contribution in [0.3, 0.4) is 0 Å². The lowest BCUT2D eigenvalue weighted by atomic mass is 9.94. The standard InChI is InChI=1S/C22H24N6O2/c1-14-6-7-17(12-15(14)2)30-22(29)28-10-8-16(9-11-28)4-3-5-18-26-20(23)19-21(27-18)25-13-24-19/h6-7,12-13,16H,4,8-11H2,1-2H3,(H3,23,24,25,26,27). The second-order valence-corrected chi connectivity index (χ2v) is 7.58.